The van der Waals surface area contributed by atoms with E-state index in [2.05, 4.69) is 30.3 Å². The van der Waals surface area contributed by atoms with Crippen LogP contribution in [-0.2, 0) is 6.42 Å². The van der Waals surface area contributed by atoms with Gasteiger partial charge in [0, 0.05) is 5.88 Å². The predicted molar refractivity (Wildman–Crippen MR) is 91.7 cm³/mol. The van der Waals surface area contributed by atoms with Crippen molar-refractivity contribution in [3.05, 3.63) is 35.9 Å². The number of hydrogen-bond acceptors (Lipinski definition) is 0. The lowest BCUT2D eigenvalue weighted by Gasteiger charge is -2.03. The lowest BCUT2D eigenvalue weighted by Crippen LogP contribution is -1.86. The molecule has 20 heavy (non-hydrogen) atoms. The molecule has 0 saturated heterocycles. The lowest BCUT2D eigenvalue weighted by atomic mass is 10.0. The average molecular weight is 295 g/mol. The highest BCUT2D eigenvalue weighted by Gasteiger charge is 1.94. The molecule has 0 nitrogen and oxygen atoms in total. The minimum atomic E-state index is 0.836. The second-order valence-corrected chi connectivity index (χ2v) is 6.19. The number of benzene rings is 1. The number of rotatable bonds is 13. The van der Waals surface area contributed by atoms with Crippen molar-refractivity contribution < 1.29 is 0 Å². The molecule has 1 aromatic carbocycles. The van der Waals surface area contributed by atoms with E-state index in [1.807, 2.05) is 0 Å². The first kappa shape index (κ1) is 17.6. The van der Waals surface area contributed by atoms with E-state index in [4.69, 9.17) is 11.6 Å². The smallest absolute Gasteiger partial charge is 0.0223 e. The highest BCUT2D eigenvalue weighted by molar-refractivity contribution is 6.17. The number of unbranched alkanes of at least 4 members (excludes halogenated alkanes) is 10. The van der Waals surface area contributed by atoms with Crippen molar-refractivity contribution in [2.24, 2.45) is 0 Å². The number of halogens is 1. The summed E-state index contributed by atoms with van der Waals surface area (Å²) in [7, 11) is 0. The maximum Gasteiger partial charge on any atom is 0.0223 e. The van der Waals surface area contributed by atoms with Crippen molar-refractivity contribution in [1.29, 1.82) is 0 Å². The molecular weight excluding hydrogens is 264 g/mol. The van der Waals surface area contributed by atoms with Crippen molar-refractivity contribution in [3.63, 3.8) is 0 Å². The highest BCUT2D eigenvalue weighted by atomic mass is 35.5. The monoisotopic (exact) mass is 294 g/mol. The third kappa shape index (κ3) is 10.3. The van der Waals surface area contributed by atoms with E-state index in [9.17, 15) is 0 Å². The minimum Gasteiger partial charge on any atom is -0.127 e. The Bertz CT molecular complexity index is 294. The molecule has 114 valence electrons. The minimum absolute atomic E-state index is 0.836. The predicted octanol–water partition coefficient (Wildman–Crippen LogP) is 6.76. The number of hydrogen-bond donors (Lipinski definition) is 0. The van der Waals surface area contributed by atoms with Crippen LogP contribution >= 0.6 is 11.6 Å². The molecule has 0 bridgehead atoms. The summed E-state index contributed by atoms with van der Waals surface area (Å²) in [5.74, 6) is 0.836. The number of alkyl halides is 1. The molecule has 0 amide bonds. The summed E-state index contributed by atoms with van der Waals surface area (Å²) in [5, 5.41) is 0. The van der Waals surface area contributed by atoms with Crippen molar-refractivity contribution in [2.45, 2.75) is 77.0 Å². The van der Waals surface area contributed by atoms with Gasteiger partial charge in [0.2, 0.25) is 0 Å². The SMILES string of the molecule is ClCCCCCCCCCCCCCc1ccccc1. The van der Waals surface area contributed by atoms with Gasteiger partial charge in [-0.1, -0.05) is 88.1 Å². The molecule has 1 rings (SSSR count). The van der Waals surface area contributed by atoms with E-state index < -0.39 is 0 Å². The third-order valence-electron chi connectivity index (χ3n) is 3.94. The van der Waals surface area contributed by atoms with Gasteiger partial charge in [-0.25, -0.2) is 0 Å². The van der Waals surface area contributed by atoms with Crippen molar-refractivity contribution in [2.75, 3.05) is 5.88 Å². The molecule has 0 aromatic heterocycles. The molecule has 0 aliphatic heterocycles. The fourth-order valence-electron chi connectivity index (χ4n) is 2.66. The number of aryl methyl sites for hydroxylation is 1. The Morgan fingerprint density at radius 1 is 0.550 bits per heavy atom. The summed E-state index contributed by atoms with van der Waals surface area (Å²) in [6.45, 7) is 0. The van der Waals surface area contributed by atoms with Gasteiger partial charge >= 0.3 is 0 Å². The molecular formula is C19H31Cl. The van der Waals surface area contributed by atoms with E-state index in [1.54, 1.807) is 0 Å². The Morgan fingerprint density at radius 3 is 1.50 bits per heavy atom. The molecule has 1 heteroatoms. The van der Waals surface area contributed by atoms with Crippen LogP contribution in [0.3, 0.4) is 0 Å². The molecule has 0 N–H and O–H groups in total. The molecule has 0 spiro atoms. The van der Waals surface area contributed by atoms with Gasteiger partial charge in [0.15, 0.2) is 0 Å². The van der Waals surface area contributed by atoms with E-state index in [-0.39, 0.29) is 0 Å². The maximum atomic E-state index is 5.66. The van der Waals surface area contributed by atoms with E-state index in [1.165, 1.54) is 82.6 Å². The van der Waals surface area contributed by atoms with Crippen molar-refractivity contribution in [1.82, 2.24) is 0 Å². The van der Waals surface area contributed by atoms with Gasteiger partial charge in [-0.05, 0) is 24.8 Å². The Kier molecular flexibility index (Phi) is 11.8. The molecule has 0 unspecified atom stereocenters. The first-order chi connectivity index (χ1) is 9.93. The summed E-state index contributed by atoms with van der Waals surface area (Å²) < 4.78 is 0. The van der Waals surface area contributed by atoms with Crippen molar-refractivity contribution in [3.8, 4) is 0 Å². The van der Waals surface area contributed by atoms with E-state index in [0.29, 0.717) is 0 Å². The second-order valence-electron chi connectivity index (χ2n) is 5.81. The fourth-order valence-corrected chi connectivity index (χ4v) is 2.85. The van der Waals surface area contributed by atoms with E-state index >= 15 is 0 Å². The van der Waals surface area contributed by atoms with Crippen LogP contribution in [0.4, 0.5) is 0 Å². The van der Waals surface area contributed by atoms with Gasteiger partial charge in [-0.2, -0.15) is 0 Å². The largest absolute Gasteiger partial charge is 0.127 e. The van der Waals surface area contributed by atoms with Crippen LogP contribution in [0.25, 0.3) is 0 Å². The standard InChI is InChI=1S/C19H31Cl/c20-18-14-9-7-5-3-1-2-4-6-8-11-15-19-16-12-10-13-17-19/h10,12-13,16-17H,1-9,11,14-15,18H2. The fraction of sp³-hybridized carbons (Fsp3) is 0.684. The quantitative estimate of drug-likeness (QED) is 0.278. The molecule has 0 saturated carbocycles. The summed E-state index contributed by atoms with van der Waals surface area (Å²) in [6, 6.07) is 10.9. The molecule has 0 heterocycles. The van der Waals surface area contributed by atoms with Gasteiger partial charge in [0.05, 0.1) is 0 Å². The Balaban J connectivity index is 1.77. The highest BCUT2D eigenvalue weighted by Crippen LogP contribution is 2.12. The van der Waals surface area contributed by atoms with E-state index in [0.717, 1.165) is 5.88 Å². The topological polar surface area (TPSA) is 0 Å². The summed E-state index contributed by atoms with van der Waals surface area (Å²) in [6.07, 6.45) is 16.4. The van der Waals surface area contributed by atoms with Gasteiger partial charge < -0.3 is 0 Å². The molecule has 0 atom stereocenters. The summed E-state index contributed by atoms with van der Waals surface area (Å²) in [4.78, 5) is 0. The van der Waals surface area contributed by atoms with Crippen LogP contribution in [0.15, 0.2) is 30.3 Å². The zero-order chi connectivity index (χ0) is 14.3. The van der Waals surface area contributed by atoms with Crippen LogP contribution in [0.1, 0.15) is 76.2 Å². The first-order valence-electron chi connectivity index (χ1n) is 8.53. The summed E-state index contributed by atoms with van der Waals surface area (Å²) in [5.41, 5.74) is 1.49. The van der Waals surface area contributed by atoms with Gasteiger partial charge in [-0.3, -0.25) is 0 Å². The summed E-state index contributed by atoms with van der Waals surface area (Å²) >= 11 is 5.66. The van der Waals surface area contributed by atoms with Gasteiger partial charge in [0.1, 0.15) is 0 Å². The van der Waals surface area contributed by atoms with Crippen LogP contribution in [-0.4, -0.2) is 5.88 Å². The van der Waals surface area contributed by atoms with Crippen LogP contribution in [0.2, 0.25) is 0 Å². The normalized spacial score (nSPS) is 10.8. The first-order valence-corrected chi connectivity index (χ1v) is 9.07. The van der Waals surface area contributed by atoms with Crippen LogP contribution in [0.5, 0.6) is 0 Å². The average Bonchev–Trinajstić information content (AvgIpc) is 2.49. The molecule has 0 aliphatic carbocycles. The Labute approximate surface area is 130 Å². The molecule has 0 aliphatic rings. The zero-order valence-corrected chi connectivity index (χ0v) is 13.7. The molecule has 1 aromatic rings. The Hall–Kier alpha value is -0.490. The second kappa shape index (κ2) is 13.5. The van der Waals surface area contributed by atoms with Gasteiger partial charge in [0.25, 0.3) is 0 Å². The van der Waals surface area contributed by atoms with Crippen LogP contribution < -0.4 is 0 Å². The van der Waals surface area contributed by atoms with Crippen LogP contribution in [0, 0.1) is 0 Å². The van der Waals surface area contributed by atoms with Gasteiger partial charge in [-0.15, -0.1) is 11.6 Å². The van der Waals surface area contributed by atoms with Crippen molar-refractivity contribution >= 4 is 11.6 Å². The molecule has 0 radical (unpaired) electrons. The zero-order valence-electron chi connectivity index (χ0n) is 13.0. The molecule has 0 fully saturated rings. The maximum absolute atomic E-state index is 5.66. The lowest BCUT2D eigenvalue weighted by molar-refractivity contribution is 0.550. The Morgan fingerprint density at radius 2 is 1.00 bits per heavy atom. The third-order valence-corrected chi connectivity index (χ3v) is 4.21.